The number of nitriles is 1. The van der Waals surface area contributed by atoms with Gasteiger partial charge in [0.15, 0.2) is 11.5 Å². The predicted molar refractivity (Wildman–Crippen MR) is 163 cm³/mol. The summed E-state index contributed by atoms with van der Waals surface area (Å²) in [6.07, 6.45) is 0.749. The highest BCUT2D eigenvalue weighted by Crippen LogP contribution is 2.37. The van der Waals surface area contributed by atoms with Crippen molar-refractivity contribution in [3.8, 4) is 34.7 Å². The van der Waals surface area contributed by atoms with E-state index >= 15 is 0 Å². The second-order valence-electron chi connectivity index (χ2n) is 10.7. The predicted octanol–water partition coefficient (Wildman–Crippen LogP) is 5.38. The molecule has 43 heavy (non-hydrogen) atoms. The van der Waals surface area contributed by atoms with Crippen LogP contribution in [-0.2, 0) is 24.3 Å². The Morgan fingerprint density at radius 1 is 1.00 bits per heavy atom. The average molecular weight is 571 g/mol. The molecule has 10 nitrogen and oxygen atoms in total. The van der Waals surface area contributed by atoms with Gasteiger partial charge < -0.3 is 19.7 Å². The van der Waals surface area contributed by atoms with Crippen LogP contribution in [0, 0.1) is 11.3 Å². The highest BCUT2D eigenvalue weighted by atomic mass is 16.5. The lowest BCUT2D eigenvalue weighted by Gasteiger charge is -2.36. The molecule has 214 valence electrons. The first-order valence-electron chi connectivity index (χ1n) is 14.4. The number of nitrogens with zero attached hydrogens (tertiary/aromatic N) is 7. The lowest BCUT2D eigenvalue weighted by Crippen LogP contribution is -2.45. The number of anilines is 3. The molecule has 10 heteroatoms. The Labute approximate surface area is 249 Å². The van der Waals surface area contributed by atoms with Gasteiger partial charge in [-0.3, -0.25) is 4.68 Å². The van der Waals surface area contributed by atoms with Crippen molar-refractivity contribution in [3.63, 3.8) is 0 Å². The van der Waals surface area contributed by atoms with Crippen molar-refractivity contribution in [2.24, 2.45) is 0 Å². The molecule has 7 rings (SSSR count). The number of hydrogen-bond acceptors (Lipinski definition) is 9. The molecule has 0 bridgehead atoms. The maximum atomic E-state index is 9.48. The first kappa shape index (κ1) is 26.6. The molecular weight excluding hydrogens is 540 g/mol. The number of fused-ring (bicyclic) bond motifs is 3. The topological polar surface area (TPSA) is 114 Å². The van der Waals surface area contributed by atoms with Crippen LogP contribution in [0.2, 0.25) is 0 Å². The zero-order chi connectivity index (χ0) is 29.2. The van der Waals surface area contributed by atoms with Crippen molar-refractivity contribution in [2.75, 3.05) is 30.0 Å². The van der Waals surface area contributed by atoms with Crippen molar-refractivity contribution in [1.29, 1.82) is 5.26 Å². The number of pyridine rings is 1. The molecule has 2 aromatic carbocycles. The number of hydrogen-bond donors (Lipinski definition) is 1. The van der Waals surface area contributed by atoms with E-state index in [1.165, 1.54) is 0 Å². The lowest BCUT2D eigenvalue weighted by molar-refractivity contribution is 0.0984. The zero-order valence-electron chi connectivity index (χ0n) is 23.8. The number of nitrogens with one attached hydrogen (secondary N) is 1. The molecule has 3 aromatic heterocycles. The monoisotopic (exact) mass is 570 g/mol. The van der Waals surface area contributed by atoms with Gasteiger partial charge in [-0.15, -0.1) is 0 Å². The average Bonchev–Trinajstić information content (AvgIpc) is 3.49. The number of benzene rings is 2. The van der Waals surface area contributed by atoms with Gasteiger partial charge in [0.2, 0.25) is 5.88 Å². The van der Waals surface area contributed by atoms with Gasteiger partial charge in [0, 0.05) is 42.0 Å². The zero-order valence-corrected chi connectivity index (χ0v) is 23.8. The number of rotatable bonds is 7. The van der Waals surface area contributed by atoms with Gasteiger partial charge in [0.05, 0.1) is 30.6 Å². The van der Waals surface area contributed by atoms with Crippen molar-refractivity contribution < 1.29 is 9.47 Å². The first-order valence-corrected chi connectivity index (χ1v) is 14.4. The summed E-state index contributed by atoms with van der Waals surface area (Å²) < 4.78 is 13.5. The van der Waals surface area contributed by atoms with Gasteiger partial charge >= 0.3 is 0 Å². The van der Waals surface area contributed by atoms with Crippen molar-refractivity contribution in [2.45, 2.75) is 32.5 Å². The van der Waals surface area contributed by atoms with Gasteiger partial charge in [-0.25, -0.2) is 9.97 Å². The molecular formula is C33H30N8O2. The third-order valence-corrected chi connectivity index (χ3v) is 7.70. The molecule has 5 heterocycles. The molecule has 0 amide bonds. The summed E-state index contributed by atoms with van der Waals surface area (Å²) in [5.41, 5.74) is 6.02. The van der Waals surface area contributed by atoms with E-state index in [4.69, 9.17) is 19.4 Å². The van der Waals surface area contributed by atoms with E-state index in [2.05, 4.69) is 33.3 Å². The summed E-state index contributed by atoms with van der Waals surface area (Å²) in [5.74, 6) is 2.80. The van der Waals surface area contributed by atoms with E-state index in [-0.39, 0.29) is 6.04 Å². The molecule has 1 N–H and O–H groups in total. The minimum Gasteiger partial charge on any atom is -0.473 e. The standard InChI is InChI=1S/C33H30N8O2/c1-22-20-42-17-16-40(22)33-27-14-15-41-28(18-26(19-34)39-41)31(27)37-32(38-33)24-10-12-25(13-11-24)35-29-8-5-9-30(36-29)43-21-23-6-3-2-4-7-23/h2-13,18,22H,14-17,20-21H2,1H3,(H,35,36). The van der Waals surface area contributed by atoms with Gasteiger partial charge in [-0.2, -0.15) is 15.3 Å². The SMILES string of the molecule is CC1COCCN1c1nc(-c2ccc(Nc3cccc(OCc4ccccc4)n3)cc2)nc2c1CCn1nc(C#N)cc1-2. The van der Waals surface area contributed by atoms with Crippen LogP contribution in [0.4, 0.5) is 17.3 Å². The molecule has 0 spiro atoms. The first-order chi connectivity index (χ1) is 21.1. The number of aryl methyl sites for hydroxylation is 1. The molecule has 5 aromatic rings. The minimum absolute atomic E-state index is 0.189. The number of morpholine rings is 1. The summed E-state index contributed by atoms with van der Waals surface area (Å²) in [6, 6.07) is 27.9. The van der Waals surface area contributed by atoms with E-state index < -0.39 is 0 Å². The Balaban J connectivity index is 1.16. The Morgan fingerprint density at radius 2 is 1.86 bits per heavy atom. The summed E-state index contributed by atoms with van der Waals surface area (Å²) >= 11 is 0. The summed E-state index contributed by atoms with van der Waals surface area (Å²) in [4.78, 5) is 17.1. The number of aromatic nitrogens is 5. The van der Waals surface area contributed by atoms with Gasteiger partial charge in [0.1, 0.15) is 24.3 Å². The normalized spacial score (nSPS) is 15.7. The van der Waals surface area contributed by atoms with Crippen LogP contribution in [-0.4, -0.2) is 50.5 Å². The van der Waals surface area contributed by atoms with Crippen molar-refractivity contribution in [3.05, 3.63) is 95.7 Å². The third-order valence-electron chi connectivity index (χ3n) is 7.70. The smallest absolute Gasteiger partial charge is 0.215 e. The molecule has 2 aliphatic rings. The highest BCUT2D eigenvalue weighted by Gasteiger charge is 2.30. The highest BCUT2D eigenvalue weighted by molar-refractivity contribution is 5.74. The van der Waals surface area contributed by atoms with Crippen LogP contribution < -0.4 is 15.0 Å². The van der Waals surface area contributed by atoms with E-state index in [0.717, 1.165) is 52.5 Å². The number of ether oxygens (including phenoxy) is 2. The Bertz CT molecular complexity index is 1800. The van der Waals surface area contributed by atoms with E-state index in [1.54, 1.807) is 0 Å². The maximum Gasteiger partial charge on any atom is 0.215 e. The molecule has 1 fully saturated rings. The van der Waals surface area contributed by atoms with Crippen molar-refractivity contribution >= 4 is 17.3 Å². The lowest BCUT2D eigenvalue weighted by atomic mass is 10.0. The van der Waals surface area contributed by atoms with Crippen LogP contribution in [0.1, 0.15) is 23.7 Å². The molecule has 0 aliphatic carbocycles. The fraction of sp³-hybridized carbons (Fsp3) is 0.242. The fourth-order valence-electron chi connectivity index (χ4n) is 5.52. The molecule has 1 saturated heterocycles. The Kier molecular flexibility index (Phi) is 7.15. The van der Waals surface area contributed by atoms with E-state index in [0.29, 0.717) is 49.6 Å². The van der Waals surface area contributed by atoms with E-state index in [1.807, 2.05) is 83.5 Å². The van der Waals surface area contributed by atoms with Crippen LogP contribution in [0.25, 0.3) is 22.8 Å². The second kappa shape index (κ2) is 11.5. The summed E-state index contributed by atoms with van der Waals surface area (Å²) in [5, 5.41) is 17.3. The largest absolute Gasteiger partial charge is 0.473 e. The second-order valence-corrected chi connectivity index (χ2v) is 10.7. The van der Waals surface area contributed by atoms with Crippen molar-refractivity contribution in [1.82, 2.24) is 24.7 Å². The molecule has 0 saturated carbocycles. The third kappa shape index (κ3) is 5.50. The Hall–Kier alpha value is -5.27. The molecule has 2 aliphatic heterocycles. The maximum absolute atomic E-state index is 9.48. The quantitative estimate of drug-likeness (QED) is 0.276. The molecule has 0 radical (unpaired) electrons. The minimum atomic E-state index is 0.189. The van der Waals surface area contributed by atoms with Crippen LogP contribution in [0.5, 0.6) is 5.88 Å². The van der Waals surface area contributed by atoms with Crippen LogP contribution in [0.3, 0.4) is 0 Å². The van der Waals surface area contributed by atoms with Crippen LogP contribution in [0.15, 0.2) is 78.9 Å². The summed E-state index contributed by atoms with van der Waals surface area (Å²) in [7, 11) is 0. The van der Waals surface area contributed by atoms with Gasteiger partial charge in [-0.05, 0) is 49.2 Å². The van der Waals surface area contributed by atoms with E-state index in [9.17, 15) is 5.26 Å². The molecule has 1 unspecified atom stereocenters. The van der Waals surface area contributed by atoms with Gasteiger partial charge in [-0.1, -0.05) is 36.4 Å². The van der Waals surface area contributed by atoms with Gasteiger partial charge in [0.25, 0.3) is 0 Å². The fourth-order valence-corrected chi connectivity index (χ4v) is 5.52. The summed E-state index contributed by atoms with van der Waals surface area (Å²) in [6.45, 7) is 5.36. The van der Waals surface area contributed by atoms with Crippen LogP contribution >= 0.6 is 0 Å². The Morgan fingerprint density at radius 3 is 2.67 bits per heavy atom. The molecule has 1 atom stereocenters.